The van der Waals surface area contributed by atoms with Crippen molar-refractivity contribution in [1.29, 1.82) is 0 Å². The predicted molar refractivity (Wildman–Crippen MR) is 115 cm³/mol. The van der Waals surface area contributed by atoms with Gasteiger partial charge in [0.1, 0.15) is 17.7 Å². The summed E-state index contributed by atoms with van der Waals surface area (Å²) in [6, 6.07) is 9.68. The van der Waals surface area contributed by atoms with Gasteiger partial charge in [-0.15, -0.1) is 0 Å². The van der Waals surface area contributed by atoms with E-state index in [1.807, 2.05) is 26.0 Å². The molecular weight excluding hydrogens is 389 g/mol. The first-order valence-corrected chi connectivity index (χ1v) is 9.74. The molecule has 8 heteroatoms. The van der Waals surface area contributed by atoms with Crippen LogP contribution in [0, 0.1) is 5.82 Å². The van der Waals surface area contributed by atoms with E-state index in [4.69, 9.17) is 18.9 Å². The number of methoxy groups -OCH3 is 3. The molecular formula is C22H30FN3O4. The fourth-order valence-corrected chi connectivity index (χ4v) is 2.82. The second-order valence-corrected chi connectivity index (χ2v) is 6.45. The third-order valence-corrected chi connectivity index (χ3v) is 4.25. The van der Waals surface area contributed by atoms with E-state index in [2.05, 4.69) is 15.6 Å². The molecule has 0 aliphatic rings. The molecule has 0 saturated heterocycles. The molecule has 0 aliphatic carbocycles. The summed E-state index contributed by atoms with van der Waals surface area (Å²) in [5, 5.41) is 6.46. The van der Waals surface area contributed by atoms with E-state index in [0.717, 1.165) is 5.56 Å². The number of hydrogen-bond donors (Lipinski definition) is 2. The van der Waals surface area contributed by atoms with E-state index in [1.165, 1.54) is 12.1 Å². The van der Waals surface area contributed by atoms with Gasteiger partial charge in [0.15, 0.2) is 17.5 Å². The summed E-state index contributed by atoms with van der Waals surface area (Å²) < 4.78 is 35.1. The number of nitrogens with one attached hydrogen (secondary N) is 2. The Labute approximate surface area is 177 Å². The Kier molecular flexibility index (Phi) is 9.05. The first-order valence-electron chi connectivity index (χ1n) is 9.74. The number of rotatable bonds is 10. The minimum atomic E-state index is -0.291. The van der Waals surface area contributed by atoms with Gasteiger partial charge < -0.3 is 29.6 Å². The van der Waals surface area contributed by atoms with Crippen LogP contribution in [0.3, 0.4) is 0 Å². The van der Waals surface area contributed by atoms with Gasteiger partial charge in [-0.3, -0.25) is 0 Å². The maximum absolute atomic E-state index is 13.0. The minimum Gasteiger partial charge on any atom is -0.493 e. The summed E-state index contributed by atoms with van der Waals surface area (Å²) in [6.07, 6.45) is -0.144. The van der Waals surface area contributed by atoms with Gasteiger partial charge in [-0.25, -0.2) is 9.38 Å². The zero-order chi connectivity index (χ0) is 21.9. The van der Waals surface area contributed by atoms with Crippen LogP contribution in [0.1, 0.15) is 19.4 Å². The van der Waals surface area contributed by atoms with Crippen LogP contribution in [0.25, 0.3) is 0 Å². The summed E-state index contributed by atoms with van der Waals surface area (Å²) in [4.78, 5) is 4.63. The van der Waals surface area contributed by atoms with Crippen molar-refractivity contribution in [2.24, 2.45) is 4.99 Å². The lowest BCUT2D eigenvalue weighted by atomic mass is 10.1. The number of nitrogens with zero attached hydrogens (tertiary/aromatic N) is 1. The fourth-order valence-electron chi connectivity index (χ4n) is 2.82. The average Bonchev–Trinajstić information content (AvgIpc) is 2.76. The predicted octanol–water partition coefficient (Wildman–Crippen LogP) is 3.37. The third kappa shape index (κ3) is 6.43. The molecule has 1 atom stereocenters. The van der Waals surface area contributed by atoms with E-state index in [9.17, 15) is 4.39 Å². The average molecular weight is 419 g/mol. The van der Waals surface area contributed by atoms with Crippen molar-refractivity contribution in [3.63, 3.8) is 0 Å². The molecule has 2 aromatic carbocycles. The molecule has 0 radical (unpaired) electrons. The molecule has 164 valence electrons. The van der Waals surface area contributed by atoms with Gasteiger partial charge in [-0.2, -0.15) is 0 Å². The second-order valence-electron chi connectivity index (χ2n) is 6.45. The molecule has 2 N–H and O–H groups in total. The summed E-state index contributed by atoms with van der Waals surface area (Å²) in [6.45, 7) is 5.53. The largest absolute Gasteiger partial charge is 0.493 e. The Morgan fingerprint density at radius 3 is 2.27 bits per heavy atom. The molecule has 2 rings (SSSR count). The van der Waals surface area contributed by atoms with Crippen LogP contribution in [-0.2, 0) is 6.54 Å². The number of ether oxygens (including phenoxy) is 4. The van der Waals surface area contributed by atoms with Crippen LogP contribution in [-0.4, -0.2) is 46.5 Å². The zero-order valence-electron chi connectivity index (χ0n) is 18.1. The number of benzene rings is 2. The molecule has 0 bridgehead atoms. The first kappa shape index (κ1) is 23.1. The standard InChI is InChI=1S/C22H30FN3O4/c1-6-24-22(25-13-15(2)30-18-10-8-17(23)9-11-18)26-14-16-7-12-19(27-3)21(29-5)20(16)28-4/h7-12,15H,6,13-14H2,1-5H3,(H2,24,25,26). The molecule has 30 heavy (non-hydrogen) atoms. The maximum Gasteiger partial charge on any atom is 0.203 e. The Hall–Kier alpha value is -3.16. The highest BCUT2D eigenvalue weighted by molar-refractivity contribution is 5.79. The first-order chi connectivity index (χ1) is 14.5. The molecule has 0 spiro atoms. The van der Waals surface area contributed by atoms with E-state index in [-0.39, 0.29) is 11.9 Å². The smallest absolute Gasteiger partial charge is 0.203 e. The normalized spacial score (nSPS) is 12.1. The number of halogens is 1. The van der Waals surface area contributed by atoms with E-state index < -0.39 is 0 Å². The van der Waals surface area contributed by atoms with Crippen LogP contribution < -0.4 is 29.6 Å². The second kappa shape index (κ2) is 11.7. The van der Waals surface area contributed by atoms with Crippen molar-refractivity contribution in [2.45, 2.75) is 26.5 Å². The van der Waals surface area contributed by atoms with Gasteiger partial charge >= 0.3 is 0 Å². The lowest BCUT2D eigenvalue weighted by Crippen LogP contribution is -2.41. The van der Waals surface area contributed by atoms with Crippen molar-refractivity contribution in [3.8, 4) is 23.0 Å². The van der Waals surface area contributed by atoms with Gasteiger partial charge in [0.25, 0.3) is 0 Å². The Morgan fingerprint density at radius 1 is 0.967 bits per heavy atom. The maximum atomic E-state index is 13.0. The molecule has 0 amide bonds. The van der Waals surface area contributed by atoms with Gasteiger partial charge in [0.2, 0.25) is 5.75 Å². The van der Waals surface area contributed by atoms with Crippen molar-refractivity contribution in [2.75, 3.05) is 34.4 Å². The van der Waals surface area contributed by atoms with Gasteiger partial charge in [0.05, 0.1) is 34.4 Å². The van der Waals surface area contributed by atoms with Crippen LogP contribution in [0.5, 0.6) is 23.0 Å². The van der Waals surface area contributed by atoms with Crippen LogP contribution in [0.4, 0.5) is 4.39 Å². The minimum absolute atomic E-state index is 0.144. The molecule has 0 aliphatic heterocycles. The molecule has 0 aromatic heterocycles. The van der Waals surface area contributed by atoms with Crippen molar-refractivity contribution < 1.29 is 23.3 Å². The van der Waals surface area contributed by atoms with Crippen molar-refractivity contribution >= 4 is 5.96 Å². The van der Waals surface area contributed by atoms with Crippen LogP contribution in [0.15, 0.2) is 41.4 Å². The SMILES string of the molecule is CCNC(=NCc1ccc(OC)c(OC)c1OC)NCC(C)Oc1ccc(F)cc1. The fraction of sp³-hybridized carbons (Fsp3) is 0.409. The Morgan fingerprint density at radius 2 is 1.67 bits per heavy atom. The molecule has 0 heterocycles. The van der Waals surface area contributed by atoms with Gasteiger partial charge in [-0.05, 0) is 50.2 Å². The lowest BCUT2D eigenvalue weighted by molar-refractivity contribution is 0.223. The topological polar surface area (TPSA) is 73.3 Å². The number of guanidine groups is 1. The highest BCUT2D eigenvalue weighted by Gasteiger charge is 2.15. The number of hydrogen-bond acceptors (Lipinski definition) is 5. The van der Waals surface area contributed by atoms with Crippen LogP contribution in [0.2, 0.25) is 0 Å². The quantitative estimate of drug-likeness (QED) is 0.454. The van der Waals surface area contributed by atoms with Gasteiger partial charge in [-0.1, -0.05) is 0 Å². The number of aliphatic imine (C=N–C) groups is 1. The lowest BCUT2D eigenvalue weighted by Gasteiger charge is -2.18. The third-order valence-electron chi connectivity index (χ3n) is 4.25. The van der Waals surface area contributed by atoms with Gasteiger partial charge in [0, 0.05) is 12.1 Å². The molecule has 0 saturated carbocycles. The summed E-state index contributed by atoms with van der Waals surface area (Å²) in [5.41, 5.74) is 0.864. The highest BCUT2D eigenvalue weighted by atomic mass is 19.1. The molecule has 1 unspecified atom stereocenters. The molecule has 0 fully saturated rings. The Bertz CT molecular complexity index is 828. The molecule has 2 aromatic rings. The summed E-state index contributed by atoms with van der Waals surface area (Å²) in [5.74, 6) is 2.68. The van der Waals surface area contributed by atoms with Crippen molar-refractivity contribution in [1.82, 2.24) is 10.6 Å². The summed E-state index contributed by atoms with van der Waals surface area (Å²) in [7, 11) is 4.74. The van der Waals surface area contributed by atoms with E-state index >= 15 is 0 Å². The van der Waals surface area contributed by atoms with Crippen molar-refractivity contribution in [3.05, 3.63) is 47.8 Å². The van der Waals surface area contributed by atoms with E-state index in [0.29, 0.717) is 48.6 Å². The Balaban J connectivity index is 2.04. The molecule has 7 nitrogen and oxygen atoms in total. The monoisotopic (exact) mass is 419 g/mol. The summed E-state index contributed by atoms with van der Waals surface area (Å²) >= 11 is 0. The highest BCUT2D eigenvalue weighted by Crippen LogP contribution is 2.39. The zero-order valence-corrected chi connectivity index (χ0v) is 18.1. The van der Waals surface area contributed by atoms with Crippen LogP contribution >= 0.6 is 0 Å². The van der Waals surface area contributed by atoms with E-state index in [1.54, 1.807) is 33.5 Å².